The van der Waals surface area contributed by atoms with Gasteiger partial charge in [-0.3, -0.25) is 0 Å². The van der Waals surface area contributed by atoms with Crippen molar-refractivity contribution in [2.24, 2.45) is 5.41 Å². The fourth-order valence-electron chi connectivity index (χ4n) is 0.695. The number of hydrogen-bond donors (Lipinski definition) is 1. The molecule has 1 aliphatic heterocycles. The Morgan fingerprint density at radius 2 is 2.22 bits per heavy atom. The smallest absolute Gasteiger partial charge is 0.395 e. The lowest BCUT2D eigenvalue weighted by Crippen LogP contribution is -2.42. The summed E-state index contributed by atoms with van der Waals surface area (Å²) in [6.45, 7) is 6.20. The van der Waals surface area contributed by atoms with Crippen LogP contribution in [0.2, 0.25) is 0 Å². The zero-order chi connectivity index (χ0) is 6.04. The largest absolute Gasteiger partial charge is 0.424 e. The maximum absolute atomic E-state index is 5.05. The van der Waals surface area contributed by atoms with E-state index in [1.165, 1.54) is 0 Å². The second kappa shape index (κ2) is 3.63. The Balaban J connectivity index is 0.000000640. The Kier molecular flexibility index (Phi) is 3.84. The van der Waals surface area contributed by atoms with Crippen molar-refractivity contribution in [2.75, 3.05) is 13.2 Å². The molecular formula is C5H11AlBNO. The minimum atomic E-state index is 0. The first-order valence-corrected chi connectivity index (χ1v) is 2.87. The van der Waals surface area contributed by atoms with Crippen LogP contribution in [0.5, 0.6) is 0 Å². The molecule has 1 saturated heterocycles. The van der Waals surface area contributed by atoms with Gasteiger partial charge in [0.05, 0.1) is 0 Å². The van der Waals surface area contributed by atoms with Gasteiger partial charge in [0, 0.05) is 24.0 Å². The highest BCUT2D eigenvalue weighted by Gasteiger charge is 2.21. The van der Waals surface area contributed by atoms with Gasteiger partial charge in [0.1, 0.15) is 0 Å². The first-order valence-electron chi connectivity index (χ1n) is 2.87. The summed E-state index contributed by atoms with van der Waals surface area (Å²) in [5, 5.41) is 3.03. The summed E-state index contributed by atoms with van der Waals surface area (Å²) in [4.78, 5) is 0. The summed E-state index contributed by atoms with van der Waals surface area (Å²) in [6.07, 6.45) is 0. The maximum atomic E-state index is 5.05. The average molecular weight is 139 g/mol. The van der Waals surface area contributed by atoms with Gasteiger partial charge in [-0.25, -0.2) is 0 Å². The van der Waals surface area contributed by atoms with Crippen LogP contribution < -0.4 is 5.23 Å². The molecular weight excluding hydrogens is 128 g/mol. The minimum absolute atomic E-state index is 0. The summed E-state index contributed by atoms with van der Waals surface area (Å²) >= 11 is 0. The van der Waals surface area contributed by atoms with Crippen LogP contribution in [-0.2, 0) is 4.65 Å². The standard InChI is InChI=1S/C5H11BNO.Al/c1-5(2)3-7-6-8-4-5;/h7H,3-4H2,1-2H3;. The van der Waals surface area contributed by atoms with Crippen molar-refractivity contribution in [1.82, 2.24) is 5.23 Å². The zero-order valence-corrected chi connectivity index (χ0v) is 7.13. The van der Waals surface area contributed by atoms with E-state index >= 15 is 0 Å². The van der Waals surface area contributed by atoms with Crippen LogP contribution in [0.3, 0.4) is 0 Å². The van der Waals surface area contributed by atoms with Crippen molar-refractivity contribution >= 4 is 25.0 Å². The minimum Gasteiger partial charge on any atom is -0.424 e. The summed E-state index contributed by atoms with van der Waals surface area (Å²) in [6, 6.07) is 0. The van der Waals surface area contributed by atoms with E-state index in [0.29, 0.717) is 5.41 Å². The van der Waals surface area contributed by atoms with Gasteiger partial charge in [0.2, 0.25) is 0 Å². The van der Waals surface area contributed by atoms with Crippen molar-refractivity contribution in [1.29, 1.82) is 0 Å². The van der Waals surface area contributed by atoms with Crippen LogP contribution in [0.25, 0.3) is 0 Å². The highest BCUT2D eigenvalue weighted by Crippen LogP contribution is 2.15. The monoisotopic (exact) mass is 139 g/mol. The molecule has 0 saturated carbocycles. The van der Waals surface area contributed by atoms with E-state index in [1.54, 1.807) is 7.62 Å². The molecule has 0 aromatic carbocycles. The van der Waals surface area contributed by atoms with E-state index < -0.39 is 0 Å². The Morgan fingerprint density at radius 1 is 1.56 bits per heavy atom. The fourth-order valence-corrected chi connectivity index (χ4v) is 0.695. The molecule has 0 aliphatic carbocycles. The molecule has 2 nitrogen and oxygen atoms in total. The molecule has 0 unspecified atom stereocenters. The maximum Gasteiger partial charge on any atom is 0.395 e. The van der Waals surface area contributed by atoms with Crippen LogP contribution >= 0.6 is 0 Å². The number of nitrogens with one attached hydrogen (secondary N) is 1. The van der Waals surface area contributed by atoms with E-state index in [2.05, 4.69) is 19.1 Å². The second-order valence-corrected chi connectivity index (χ2v) is 2.97. The second-order valence-electron chi connectivity index (χ2n) is 2.97. The molecule has 0 aromatic rings. The molecule has 0 bridgehead atoms. The topological polar surface area (TPSA) is 21.3 Å². The molecule has 0 atom stereocenters. The van der Waals surface area contributed by atoms with E-state index in [4.69, 9.17) is 4.65 Å². The molecule has 0 aromatic heterocycles. The predicted octanol–water partition coefficient (Wildman–Crippen LogP) is -0.214. The molecule has 0 spiro atoms. The van der Waals surface area contributed by atoms with E-state index in [1.807, 2.05) is 0 Å². The van der Waals surface area contributed by atoms with E-state index in [9.17, 15) is 0 Å². The number of hydrogen-bond acceptors (Lipinski definition) is 2. The summed E-state index contributed by atoms with van der Waals surface area (Å²) < 4.78 is 5.05. The SMILES string of the molecule is CC1(C)CN[B]OC1.[Al]. The van der Waals surface area contributed by atoms with Gasteiger partial charge in [0.25, 0.3) is 0 Å². The van der Waals surface area contributed by atoms with Crippen LogP contribution in [0.1, 0.15) is 13.8 Å². The quantitative estimate of drug-likeness (QED) is 0.468. The van der Waals surface area contributed by atoms with Gasteiger partial charge in [-0.1, -0.05) is 13.8 Å². The van der Waals surface area contributed by atoms with Gasteiger partial charge in [0.15, 0.2) is 0 Å². The normalized spacial score (nSPS) is 23.8. The molecule has 0 amide bonds. The van der Waals surface area contributed by atoms with Crippen LogP contribution in [0, 0.1) is 5.41 Å². The Morgan fingerprint density at radius 3 is 2.44 bits per heavy atom. The highest BCUT2D eigenvalue weighted by atomic mass is 27.0. The molecule has 1 rings (SSSR count). The predicted molar refractivity (Wildman–Crippen MR) is 39.2 cm³/mol. The van der Waals surface area contributed by atoms with Crippen molar-refractivity contribution in [3.05, 3.63) is 0 Å². The van der Waals surface area contributed by atoms with Crippen molar-refractivity contribution in [3.8, 4) is 0 Å². The van der Waals surface area contributed by atoms with Crippen LogP contribution in [0.4, 0.5) is 0 Å². The Hall–Kier alpha value is 0.517. The molecule has 1 fully saturated rings. The first kappa shape index (κ1) is 9.52. The third-order valence-corrected chi connectivity index (χ3v) is 1.22. The van der Waals surface area contributed by atoms with Crippen molar-refractivity contribution in [2.45, 2.75) is 13.8 Å². The lowest BCUT2D eigenvalue weighted by molar-refractivity contribution is 0.159. The first-order chi connectivity index (χ1) is 3.71. The highest BCUT2D eigenvalue weighted by molar-refractivity contribution is 6.23. The molecule has 1 heterocycles. The van der Waals surface area contributed by atoms with Crippen molar-refractivity contribution in [3.63, 3.8) is 0 Å². The average Bonchev–Trinajstić information content (AvgIpc) is 1.65. The Labute approximate surface area is 67.8 Å². The zero-order valence-electron chi connectivity index (χ0n) is 5.98. The molecule has 9 heavy (non-hydrogen) atoms. The third-order valence-electron chi connectivity index (χ3n) is 1.22. The lowest BCUT2D eigenvalue weighted by atomic mass is 9.91. The summed E-state index contributed by atoms with van der Waals surface area (Å²) in [5.74, 6) is 0. The molecule has 1 aliphatic rings. The molecule has 48 valence electrons. The fraction of sp³-hybridized carbons (Fsp3) is 1.00. The van der Waals surface area contributed by atoms with Gasteiger partial charge < -0.3 is 9.88 Å². The molecule has 4 heteroatoms. The molecule has 1 N–H and O–H groups in total. The van der Waals surface area contributed by atoms with Crippen LogP contribution in [-0.4, -0.2) is 38.1 Å². The molecule has 4 radical (unpaired) electrons. The van der Waals surface area contributed by atoms with Gasteiger partial charge >= 0.3 is 7.62 Å². The lowest BCUT2D eigenvalue weighted by Gasteiger charge is -2.29. The van der Waals surface area contributed by atoms with Gasteiger partial charge in [-0.05, 0) is 12.0 Å². The summed E-state index contributed by atoms with van der Waals surface area (Å²) in [7, 11) is 1.66. The summed E-state index contributed by atoms with van der Waals surface area (Å²) in [5.41, 5.74) is 0.314. The van der Waals surface area contributed by atoms with Gasteiger partial charge in [-0.2, -0.15) is 0 Å². The third kappa shape index (κ3) is 3.27. The van der Waals surface area contributed by atoms with Crippen LogP contribution in [0.15, 0.2) is 0 Å². The van der Waals surface area contributed by atoms with Crippen molar-refractivity contribution < 1.29 is 4.65 Å². The van der Waals surface area contributed by atoms with E-state index in [-0.39, 0.29) is 17.4 Å². The van der Waals surface area contributed by atoms with Gasteiger partial charge in [-0.15, -0.1) is 0 Å². The Bertz CT molecular complexity index is 81.0. The van der Waals surface area contributed by atoms with E-state index in [0.717, 1.165) is 13.2 Å². The number of rotatable bonds is 0.